The molecule has 7 heteroatoms. The number of rotatable bonds is 6. The number of benzene rings is 2. The van der Waals surface area contributed by atoms with Gasteiger partial charge in [-0.05, 0) is 56.0 Å². The van der Waals surface area contributed by atoms with E-state index in [1.165, 1.54) is 0 Å². The fourth-order valence-electron chi connectivity index (χ4n) is 3.68. The van der Waals surface area contributed by atoms with E-state index in [0.29, 0.717) is 18.3 Å². The van der Waals surface area contributed by atoms with Crippen LogP contribution >= 0.6 is 0 Å². The van der Waals surface area contributed by atoms with Gasteiger partial charge in [0.15, 0.2) is 0 Å². The molecule has 0 amide bonds. The standard InChI is InChI=1S/C23H30N4O3/c1-15(2)25(4)20-6-5-18(22(28)13-20)14-26-9-7-17(8-10-26)19-11-16(3)23(24)21(12-19)27(29)30/h5-7,11-13,15,28H,8-10,14,24H2,1-4H3. The smallest absolute Gasteiger partial charge is 0.292 e. The topological polar surface area (TPSA) is 95.9 Å². The van der Waals surface area contributed by atoms with Crippen molar-refractivity contribution < 1.29 is 10.0 Å². The van der Waals surface area contributed by atoms with Gasteiger partial charge in [-0.3, -0.25) is 15.0 Å². The van der Waals surface area contributed by atoms with Crippen molar-refractivity contribution in [2.75, 3.05) is 30.8 Å². The molecule has 0 bridgehead atoms. The van der Waals surface area contributed by atoms with Crippen LogP contribution < -0.4 is 10.6 Å². The Morgan fingerprint density at radius 1 is 1.30 bits per heavy atom. The van der Waals surface area contributed by atoms with Crippen LogP contribution in [0.3, 0.4) is 0 Å². The van der Waals surface area contributed by atoms with Crippen LogP contribution in [0, 0.1) is 17.0 Å². The molecular weight excluding hydrogens is 380 g/mol. The van der Waals surface area contributed by atoms with E-state index in [1.807, 2.05) is 31.3 Å². The van der Waals surface area contributed by atoms with E-state index in [2.05, 4.69) is 29.7 Å². The van der Waals surface area contributed by atoms with Gasteiger partial charge in [0.05, 0.1) is 4.92 Å². The number of aromatic hydroxyl groups is 1. The van der Waals surface area contributed by atoms with Crippen LogP contribution in [0.4, 0.5) is 17.1 Å². The summed E-state index contributed by atoms with van der Waals surface area (Å²) in [5, 5.41) is 21.7. The van der Waals surface area contributed by atoms with Gasteiger partial charge >= 0.3 is 0 Å². The number of aryl methyl sites for hydroxylation is 1. The summed E-state index contributed by atoms with van der Waals surface area (Å²) in [5.41, 5.74) is 10.6. The highest BCUT2D eigenvalue weighted by Gasteiger charge is 2.20. The SMILES string of the molecule is Cc1cc(C2=CCN(Cc3ccc(N(C)C(C)C)cc3O)CC2)cc([N+](=O)[O-])c1N. The fourth-order valence-corrected chi connectivity index (χ4v) is 3.68. The van der Waals surface area contributed by atoms with Crippen LogP contribution in [0.15, 0.2) is 36.4 Å². The lowest BCUT2D eigenvalue weighted by Crippen LogP contribution is -2.28. The summed E-state index contributed by atoms with van der Waals surface area (Å²) in [6.07, 6.45) is 2.89. The Labute approximate surface area is 177 Å². The van der Waals surface area contributed by atoms with Crippen molar-refractivity contribution in [1.82, 2.24) is 4.90 Å². The van der Waals surface area contributed by atoms with Gasteiger partial charge in [0, 0.05) is 56.1 Å². The first kappa shape index (κ1) is 21.6. The number of nitrogens with zero attached hydrogens (tertiary/aromatic N) is 3. The van der Waals surface area contributed by atoms with Crippen molar-refractivity contribution in [3.8, 4) is 5.75 Å². The van der Waals surface area contributed by atoms with Gasteiger partial charge in [0.25, 0.3) is 5.69 Å². The number of phenols is 1. The van der Waals surface area contributed by atoms with Gasteiger partial charge in [0.1, 0.15) is 11.4 Å². The molecule has 2 aromatic rings. The third kappa shape index (κ3) is 4.57. The van der Waals surface area contributed by atoms with Crippen molar-refractivity contribution >= 4 is 22.6 Å². The average molecular weight is 411 g/mol. The summed E-state index contributed by atoms with van der Waals surface area (Å²) in [7, 11) is 2.01. The Morgan fingerprint density at radius 2 is 2.03 bits per heavy atom. The lowest BCUT2D eigenvalue weighted by molar-refractivity contribution is -0.383. The highest BCUT2D eigenvalue weighted by molar-refractivity contribution is 5.75. The van der Waals surface area contributed by atoms with E-state index < -0.39 is 4.92 Å². The predicted octanol–water partition coefficient (Wildman–Crippen LogP) is 4.32. The maximum atomic E-state index is 11.3. The van der Waals surface area contributed by atoms with Crippen molar-refractivity contribution in [2.24, 2.45) is 0 Å². The summed E-state index contributed by atoms with van der Waals surface area (Å²) >= 11 is 0. The Bertz CT molecular complexity index is 985. The monoisotopic (exact) mass is 410 g/mol. The first-order valence-corrected chi connectivity index (χ1v) is 10.2. The molecule has 3 N–H and O–H groups in total. The van der Waals surface area contributed by atoms with Crippen LogP contribution in [0.5, 0.6) is 5.75 Å². The number of nitrogen functional groups attached to an aromatic ring is 1. The van der Waals surface area contributed by atoms with Crippen LogP contribution in [0.25, 0.3) is 5.57 Å². The molecule has 1 aliphatic rings. The number of anilines is 2. The molecule has 0 aliphatic carbocycles. The molecule has 2 aromatic carbocycles. The third-order valence-corrected chi connectivity index (χ3v) is 5.87. The van der Waals surface area contributed by atoms with Gasteiger partial charge in [-0.1, -0.05) is 12.1 Å². The molecule has 0 unspecified atom stereocenters. The van der Waals surface area contributed by atoms with Crippen LogP contribution in [-0.2, 0) is 6.54 Å². The molecule has 1 aliphatic heterocycles. The maximum absolute atomic E-state index is 11.3. The zero-order valence-electron chi connectivity index (χ0n) is 18.1. The number of nitro benzene ring substituents is 1. The zero-order chi connectivity index (χ0) is 22.0. The Balaban J connectivity index is 1.72. The minimum absolute atomic E-state index is 0.0373. The highest BCUT2D eigenvalue weighted by Crippen LogP contribution is 2.33. The number of phenolic OH excluding ortho intramolecular Hbond substituents is 1. The van der Waals surface area contributed by atoms with E-state index in [1.54, 1.807) is 13.0 Å². The maximum Gasteiger partial charge on any atom is 0.292 e. The number of nitro groups is 1. The van der Waals surface area contributed by atoms with Crippen molar-refractivity contribution in [1.29, 1.82) is 0 Å². The molecule has 0 saturated heterocycles. The van der Waals surface area contributed by atoms with Crippen LogP contribution in [-0.4, -0.2) is 41.1 Å². The van der Waals surface area contributed by atoms with Gasteiger partial charge < -0.3 is 15.7 Å². The van der Waals surface area contributed by atoms with Crippen molar-refractivity contribution in [3.63, 3.8) is 0 Å². The highest BCUT2D eigenvalue weighted by atomic mass is 16.6. The molecule has 0 fully saturated rings. The zero-order valence-corrected chi connectivity index (χ0v) is 18.1. The molecule has 160 valence electrons. The van der Waals surface area contributed by atoms with Crippen molar-refractivity contribution in [2.45, 2.75) is 39.8 Å². The fraction of sp³-hybridized carbons (Fsp3) is 0.391. The number of nitrogens with two attached hydrogens (primary N) is 1. The van der Waals surface area contributed by atoms with Crippen LogP contribution in [0.2, 0.25) is 0 Å². The lowest BCUT2D eigenvalue weighted by atomic mass is 9.96. The van der Waals surface area contributed by atoms with E-state index in [4.69, 9.17) is 5.73 Å². The molecule has 0 aromatic heterocycles. The number of hydrogen-bond donors (Lipinski definition) is 2. The predicted molar refractivity (Wildman–Crippen MR) is 122 cm³/mol. The lowest BCUT2D eigenvalue weighted by Gasteiger charge is -2.28. The van der Waals surface area contributed by atoms with E-state index in [-0.39, 0.29) is 11.4 Å². The molecule has 0 atom stereocenters. The Hall–Kier alpha value is -3.06. The Kier molecular flexibility index (Phi) is 6.31. The quantitative estimate of drug-likeness (QED) is 0.418. The molecular formula is C23H30N4O3. The van der Waals surface area contributed by atoms with Gasteiger partial charge in [-0.2, -0.15) is 0 Å². The largest absolute Gasteiger partial charge is 0.508 e. The summed E-state index contributed by atoms with van der Waals surface area (Å²) in [4.78, 5) is 15.2. The molecule has 0 saturated carbocycles. The second-order valence-corrected chi connectivity index (χ2v) is 8.22. The summed E-state index contributed by atoms with van der Waals surface area (Å²) in [6.45, 7) is 8.21. The van der Waals surface area contributed by atoms with Crippen LogP contribution in [0.1, 0.15) is 37.0 Å². The van der Waals surface area contributed by atoms with Gasteiger partial charge in [0.2, 0.25) is 0 Å². The third-order valence-electron chi connectivity index (χ3n) is 5.87. The normalized spacial score (nSPS) is 14.6. The Morgan fingerprint density at radius 3 is 2.60 bits per heavy atom. The van der Waals surface area contributed by atoms with Gasteiger partial charge in [-0.25, -0.2) is 0 Å². The van der Waals surface area contributed by atoms with Gasteiger partial charge in [-0.15, -0.1) is 0 Å². The molecule has 0 spiro atoms. The average Bonchev–Trinajstić information content (AvgIpc) is 2.71. The molecule has 3 rings (SSSR count). The number of hydrogen-bond acceptors (Lipinski definition) is 6. The second kappa shape index (κ2) is 8.75. The minimum Gasteiger partial charge on any atom is -0.508 e. The summed E-state index contributed by atoms with van der Waals surface area (Å²) in [5.74, 6) is 0.305. The summed E-state index contributed by atoms with van der Waals surface area (Å²) < 4.78 is 0. The minimum atomic E-state index is -0.426. The van der Waals surface area contributed by atoms with E-state index in [0.717, 1.165) is 47.5 Å². The molecule has 7 nitrogen and oxygen atoms in total. The first-order valence-electron chi connectivity index (χ1n) is 10.2. The summed E-state index contributed by atoms with van der Waals surface area (Å²) in [6, 6.07) is 9.68. The van der Waals surface area contributed by atoms with Crippen molar-refractivity contribution in [3.05, 3.63) is 63.2 Å². The molecule has 30 heavy (non-hydrogen) atoms. The molecule has 0 radical (unpaired) electrons. The molecule has 1 heterocycles. The van der Waals surface area contributed by atoms with E-state index in [9.17, 15) is 15.2 Å². The second-order valence-electron chi connectivity index (χ2n) is 8.22. The van der Waals surface area contributed by atoms with E-state index >= 15 is 0 Å². The first-order chi connectivity index (χ1) is 14.2.